The van der Waals surface area contributed by atoms with Crippen molar-refractivity contribution in [3.63, 3.8) is 0 Å². The van der Waals surface area contributed by atoms with Gasteiger partial charge in [-0.2, -0.15) is 5.10 Å². The van der Waals surface area contributed by atoms with Crippen molar-refractivity contribution in [3.8, 4) is 0 Å². The fourth-order valence-electron chi connectivity index (χ4n) is 1.84. The van der Waals surface area contributed by atoms with Crippen LogP contribution in [0.4, 0.5) is 5.13 Å². The summed E-state index contributed by atoms with van der Waals surface area (Å²) in [6, 6.07) is 0. The van der Waals surface area contributed by atoms with E-state index in [4.69, 9.17) is 5.73 Å². The van der Waals surface area contributed by atoms with Gasteiger partial charge in [0, 0.05) is 18.3 Å². The van der Waals surface area contributed by atoms with Gasteiger partial charge in [0.2, 0.25) is 5.91 Å². The minimum absolute atomic E-state index is 0.199. The van der Waals surface area contributed by atoms with Gasteiger partial charge in [-0.1, -0.05) is 11.3 Å². The van der Waals surface area contributed by atoms with Crippen LogP contribution in [0.5, 0.6) is 0 Å². The molecular formula is C12H15N5O2S. The van der Waals surface area contributed by atoms with E-state index in [1.807, 2.05) is 20.9 Å². The van der Waals surface area contributed by atoms with E-state index in [0.717, 1.165) is 28.3 Å². The topological polar surface area (TPSA) is 103 Å². The van der Waals surface area contributed by atoms with Crippen LogP contribution in [0.1, 0.15) is 26.6 Å². The molecule has 0 bridgehead atoms. The van der Waals surface area contributed by atoms with Crippen LogP contribution >= 0.6 is 11.3 Å². The normalized spacial score (nSPS) is 10.6. The van der Waals surface area contributed by atoms with Gasteiger partial charge < -0.3 is 11.1 Å². The molecule has 0 aromatic carbocycles. The second-order valence-corrected chi connectivity index (χ2v) is 5.42. The Labute approximate surface area is 119 Å². The zero-order chi connectivity index (χ0) is 14.9. The third-order valence-electron chi connectivity index (χ3n) is 2.99. The summed E-state index contributed by atoms with van der Waals surface area (Å²) in [4.78, 5) is 27.2. The number of nitrogens with zero attached hydrogens (tertiary/aromatic N) is 3. The molecule has 0 spiro atoms. The van der Waals surface area contributed by atoms with E-state index in [1.165, 1.54) is 6.20 Å². The molecule has 106 valence electrons. The Morgan fingerprint density at radius 2 is 2.15 bits per heavy atom. The molecule has 7 nitrogen and oxygen atoms in total. The Morgan fingerprint density at radius 1 is 1.45 bits per heavy atom. The third-order valence-corrected chi connectivity index (χ3v) is 3.92. The quantitative estimate of drug-likeness (QED) is 0.869. The molecule has 0 saturated carbocycles. The van der Waals surface area contributed by atoms with Crippen LogP contribution in [0.15, 0.2) is 6.20 Å². The molecule has 0 atom stereocenters. The summed E-state index contributed by atoms with van der Waals surface area (Å²) >= 11 is 1.06. The zero-order valence-corrected chi connectivity index (χ0v) is 12.2. The maximum atomic E-state index is 12.0. The third kappa shape index (κ3) is 2.85. The number of rotatable bonds is 4. The van der Waals surface area contributed by atoms with Crippen LogP contribution in [0.3, 0.4) is 0 Å². The number of carbonyl (C=O) groups is 2. The predicted molar refractivity (Wildman–Crippen MR) is 75.6 cm³/mol. The number of nitrogens with two attached hydrogens (primary N) is 1. The molecule has 0 unspecified atom stereocenters. The van der Waals surface area contributed by atoms with Crippen molar-refractivity contribution in [1.82, 2.24) is 14.8 Å². The molecule has 2 heterocycles. The summed E-state index contributed by atoms with van der Waals surface area (Å²) in [6.45, 7) is 3.78. The first kappa shape index (κ1) is 14.2. The number of hydrogen-bond acceptors (Lipinski definition) is 5. The average molecular weight is 293 g/mol. The number of hydrogen-bond donors (Lipinski definition) is 2. The highest BCUT2D eigenvalue weighted by molar-refractivity contribution is 7.17. The molecule has 2 aromatic heterocycles. The fourth-order valence-corrected chi connectivity index (χ4v) is 2.53. The van der Waals surface area contributed by atoms with Crippen molar-refractivity contribution in [3.05, 3.63) is 28.0 Å². The number of primary amides is 1. The summed E-state index contributed by atoms with van der Waals surface area (Å²) in [5.41, 5.74) is 7.82. The number of amides is 2. The number of carbonyl (C=O) groups excluding carboxylic acids is 2. The summed E-state index contributed by atoms with van der Waals surface area (Å²) in [6.07, 6.45) is 1.57. The van der Waals surface area contributed by atoms with Crippen molar-refractivity contribution < 1.29 is 9.59 Å². The Morgan fingerprint density at radius 3 is 2.65 bits per heavy atom. The Hall–Kier alpha value is -2.22. The van der Waals surface area contributed by atoms with E-state index in [9.17, 15) is 9.59 Å². The summed E-state index contributed by atoms with van der Waals surface area (Å²) in [7, 11) is 1.84. The standard InChI is InChI=1S/C12H15N5O2S/c1-6-8(7(2)17(3)16-6)4-10(18)15-12-14-5-9(20-12)11(13)19/h5H,4H2,1-3H3,(H2,13,19)(H,14,15,18). The van der Waals surface area contributed by atoms with Gasteiger partial charge in [0.1, 0.15) is 4.88 Å². The van der Waals surface area contributed by atoms with Crippen molar-refractivity contribution in [1.29, 1.82) is 0 Å². The van der Waals surface area contributed by atoms with Crippen LogP contribution in [-0.4, -0.2) is 26.6 Å². The molecule has 20 heavy (non-hydrogen) atoms. The van der Waals surface area contributed by atoms with Crippen molar-refractivity contribution >= 4 is 28.3 Å². The highest BCUT2D eigenvalue weighted by Gasteiger charge is 2.15. The number of nitrogens with one attached hydrogen (secondary N) is 1. The van der Waals surface area contributed by atoms with Gasteiger partial charge in [-0.05, 0) is 13.8 Å². The number of aromatic nitrogens is 3. The van der Waals surface area contributed by atoms with Crippen molar-refractivity contribution in [2.45, 2.75) is 20.3 Å². The lowest BCUT2D eigenvalue weighted by molar-refractivity contribution is -0.115. The number of thiazole rings is 1. The molecular weight excluding hydrogens is 278 g/mol. The smallest absolute Gasteiger partial charge is 0.260 e. The van der Waals surface area contributed by atoms with Crippen molar-refractivity contribution in [2.75, 3.05) is 5.32 Å². The lowest BCUT2D eigenvalue weighted by Gasteiger charge is -2.02. The van der Waals surface area contributed by atoms with E-state index in [2.05, 4.69) is 15.4 Å². The number of aryl methyl sites for hydroxylation is 2. The van der Waals surface area contributed by atoms with Gasteiger partial charge >= 0.3 is 0 Å². The van der Waals surface area contributed by atoms with Crippen LogP contribution in [0, 0.1) is 13.8 Å². The minimum Gasteiger partial charge on any atom is -0.365 e. The van der Waals surface area contributed by atoms with Gasteiger partial charge in [-0.15, -0.1) is 0 Å². The van der Waals surface area contributed by atoms with Crippen LogP contribution in [0.25, 0.3) is 0 Å². The van der Waals surface area contributed by atoms with Crippen LogP contribution in [0.2, 0.25) is 0 Å². The maximum absolute atomic E-state index is 12.0. The van der Waals surface area contributed by atoms with E-state index in [-0.39, 0.29) is 12.3 Å². The van der Waals surface area contributed by atoms with Gasteiger partial charge in [-0.25, -0.2) is 4.98 Å². The van der Waals surface area contributed by atoms with E-state index in [1.54, 1.807) is 4.68 Å². The molecule has 0 aliphatic rings. The van der Waals surface area contributed by atoms with Crippen LogP contribution in [-0.2, 0) is 18.3 Å². The zero-order valence-electron chi connectivity index (χ0n) is 11.4. The largest absolute Gasteiger partial charge is 0.365 e. The summed E-state index contributed by atoms with van der Waals surface area (Å²) in [5.74, 6) is -0.753. The lowest BCUT2D eigenvalue weighted by Crippen LogP contribution is -2.15. The first-order chi connectivity index (χ1) is 9.38. The van der Waals surface area contributed by atoms with Crippen LogP contribution < -0.4 is 11.1 Å². The monoisotopic (exact) mass is 293 g/mol. The fraction of sp³-hybridized carbons (Fsp3) is 0.333. The van der Waals surface area contributed by atoms with Gasteiger partial charge in [-0.3, -0.25) is 14.3 Å². The molecule has 2 aromatic rings. The second-order valence-electron chi connectivity index (χ2n) is 4.39. The maximum Gasteiger partial charge on any atom is 0.260 e. The average Bonchev–Trinajstić information content (AvgIpc) is 2.91. The van der Waals surface area contributed by atoms with Gasteiger partial charge in [0.15, 0.2) is 5.13 Å². The molecule has 2 amide bonds. The van der Waals surface area contributed by atoms with Gasteiger partial charge in [0.25, 0.3) is 5.91 Å². The van der Waals surface area contributed by atoms with E-state index < -0.39 is 5.91 Å². The van der Waals surface area contributed by atoms with Crippen molar-refractivity contribution in [2.24, 2.45) is 12.8 Å². The first-order valence-electron chi connectivity index (χ1n) is 5.93. The molecule has 0 saturated heterocycles. The molecule has 0 radical (unpaired) electrons. The van der Waals surface area contributed by atoms with Gasteiger partial charge in [0.05, 0.1) is 18.3 Å². The predicted octanol–water partition coefficient (Wildman–Crippen LogP) is 0.774. The summed E-state index contributed by atoms with van der Waals surface area (Å²) < 4.78 is 1.74. The minimum atomic E-state index is -0.554. The van der Waals surface area contributed by atoms with E-state index in [0.29, 0.717) is 10.0 Å². The molecule has 2 rings (SSSR count). The summed E-state index contributed by atoms with van der Waals surface area (Å²) in [5, 5.41) is 7.28. The highest BCUT2D eigenvalue weighted by atomic mass is 32.1. The second kappa shape index (κ2) is 5.41. The van der Waals surface area contributed by atoms with E-state index >= 15 is 0 Å². The molecule has 0 aliphatic carbocycles. The highest BCUT2D eigenvalue weighted by Crippen LogP contribution is 2.18. The number of anilines is 1. The SMILES string of the molecule is Cc1nn(C)c(C)c1CC(=O)Nc1ncc(C(N)=O)s1. The Kier molecular flexibility index (Phi) is 3.84. The Balaban J connectivity index is 2.07. The first-order valence-corrected chi connectivity index (χ1v) is 6.74. The molecule has 0 fully saturated rings. The molecule has 8 heteroatoms. The molecule has 0 aliphatic heterocycles. The lowest BCUT2D eigenvalue weighted by atomic mass is 10.1. The molecule has 3 N–H and O–H groups in total. The Bertz CT molecular complexity index is 673.